The lowest BCUT2D eigenvalue weighted by Gasteiger charge is -2.35. The summed E-state index contributed by atoms with van der Waals surface area (Å²) in [6.45, 7) is 1.55. The molecule has 7 heteroatoms. The fourth-order valence-corrected chi connectivity index (χ4v) is 2.60. The Morgan fingerprint density at radius 2 is 2.28 bits per heavy atom. The maximum absolute atomic E-state index is 12.0. The number of nitrogens with two attached hydrogens (primary N) is 1. The molecule has 0 bridgehead atoms. The zero-order valence-corrected chi connectivity index (χ0v) is 10.1. The first-order valence-electron chi connectivity index (χ1n) is 6.21. The number of nitrogens with one attached hydrogen (secondary N) is 2. The van der Waals surface area contributed by atoms with Gasteiger partial charge in [-0.05, 0) is 12.8 Å². The Bertz CT molecular complexity index is 371. The van der Waals surface area contributed by atoms with Crippen molar-refractivity contribution in [2.24, 2.45) is 11.7 Å². The Morgan fingerprint density at radius 1 is 1.50 bits per heavy atom. The predicted molar refractivity (Wildman–Crippen MR) is 63.3 cm³/mol. The molecular formula is C11H18N4O3. The van der Waals surface area contributed by atoms with Gasteiger partial charge >= 0.3 is 11.8 Å². The van der Waals surface area contributed by atoms with E-state index in [1.165, 1.54) is 4.90 Å². The number of carbonyl (C=O) groups excluding carboxylic acids is 3. The summed E-state index contributed by atoms with van der Waals surface area (Å²) >= 11 is 0. The molecule has 4 N–H and O–H groups in total. The number of amides is 3. The van der Waals surface area contributed by atoms with Crippen molar-refractivity contribution < 1.29 is 14.4 Å². The van der Waals surface area contributed by atoms with Gasteiger partial charge in [-0.25, -0.2) is 0 Å². The second-order valence-corrected chi connectivity index (χ2v) is 4.60. The summed E-state index contributed by atoms with van der Waals surface area (Å²) in [5.74, 6) is -1.38. The van der Waals surface area contributed by atoms with Gasteiger partial charge < -0.3 is 21.3 Å². The highest BCUT2D eigenvalue weighted by atomic mass is 16.2. The third kappa shape index (κ3) is 2.31. The first kappa shape index (κ1) is 12.8. The van der Waals surface area contributed by atoms with Crippen molar-refractivity contribution in [3.63, 3.8) is 0 Å². The van der Waals surface area contributed by atoms with Crippen molar-refractivity contribution in [2.45, 2.75) is 18.9 Å². The molecule has 2 aliphatic heterocycles. The van der Waals surface area contributed by atoms with E-state index in [0.29, 0.717) is 19.6 Å². The number of piperidine rings is 1. The monoisotopic (exact) mass is 254 g/mol. The minimum absolute atomic E-state index is 0.0140. The van der Waals surface area contributed by atoms with E-state index in [-0.39, 0.29) is 24.4 Å². The number of hydrogen-bond acceptors (Lipinski definition) is 4. The van der Waals surface area contributed by atoms with Crippen LogP contribution in [0, 0.1) is 5.92 Å². The Morgan fingerprint density at radius 3 is 3.00 bits per heavy atom. The molecule has 0 radical (unpaired) electrons. The maximum atomic E-state index is 12.0. The number of hydrogen-bond donors (Lipinski definition) is 3. The molecule has 0 aromatic rings. The van der Waals surface area contributed by atoms with Crippen molar-refractivity contribution in [3.8, 4) is 0 Å². The quantitative estimate of drug-likeness (QED) is 0.486. The molecule has 3 amide bonds. The summed E-state index contributed by atoms with van der Waals surface area (Å²) < 4.78 is 0. The normalized spacial score (nSPS) is 26.5. The van der Waals surface area contributed by atoms with Crippen molar-refractivity contribution in [2.75, 3.05) is 26.2 Å². The van der Waals surface area contributed by atoms with Crippen LogP contribution in [0.1, 0.15) is 12.8 Å². The van der Waals surface area contributed by atoms with E-state index in [1.807, 2.05) is 0 Å². The van der Waals surface area contributed by atoms with Gasteiger partial charge in [0.05, 0.1) is 12.0 Å². The lowest BCUT2D eigenvalue weighted by molar-refractivity contribution is -0.149. The van der Waals surface area contributed by atoms with Gasteiger partial charge in [-0.1, -0.05) is 0 Å². The van der Waals surface area contributed by atoms with E-state index >= 15 is 0 Å². The van der Waals surface area contributed by atoms with Crippen LogP contribution in [0.25, 0.3) is 0 Å². The molecule has 0 spiro atoms. The Labute approximate surface area is 105 Å². The van der Waals surface area contributed by atoms with Crippen molar-refractivity contribution in [1.29, 1.82) is 0 Å². The molecule has 2 unspecified atom stereocenters. The molecule has 2 fully saturated rings. The first-order chi connectivity index (χ1) is 8.65. The van der Waals surface area contributed by atoms with E-state index in [0.717, 1.165) is 12.8 Å². The van der Waals surface area contributed by atoms with Crippen LogP contribution in [0.3, 0.4) is 0 Å². The average molecular weight is 254 g/mol. The van der Waals surface area contributed by atoms with E-state index in [1.54, 1.807) is 0 Å². The van der Waals surface area contributed by atoms with Gasteiger partial charge in [0, 0.05) is 26.2 Å². The smallest absolute Gasteiger partial charge is 0.312 e. The molecule has 7 nitrogen and oxygen atoms in total. The van der Waals surface area contributed by atoms with Crippen molar-refractivity contribution in [3.05, 3.63) is 0 Å². The zero-order valence-electron chi connectivity index (χ0n) is 10.1. The van der Waals surface area contributed by atoms with E-state index < -0.39 is 11.8 Å². The third-order valence-electron chi connectivity index (χ3n) is 3.49. The lowest BCUT2D eigenvalue weighted by atomic mass is 9.91. The molecule has 18 heavy (non-hydrogen) atoms. The van der Waals surface area contributed by atoms with Crippen LogP contribution in [-0.2, 0) is 14.4 Å². The molecule has 2 atom stereocenters. The molecule has 0 saturated carbocycles. The van der Waals surface area contributed by atoms with Gasteiger partial charge in [0.1, 0.15) is 0 Å². The first-order valence-corrected chi connectivity index (χ1v) is 6.21. The Hall–Kier alpha value is -1.63. The van der Waals surface area contributed by atoms with Crippen LogP contribution in [0.2, 0.25) is 0 Å². The Balaban J connectivity index is 2.01. The van der Waals surface area contributed by atoms with Crippen LogP contribution >= 0.6 is 0 Å². The highest BCUT2D eigenvalue weighted by Gasteiger charge is 2.43. The number of fused-ring (bicyclic) bond motifs is 1. The van der Waals surface area contributed by atoms with Crippen LogP contribution in [0.4, 0.5) is 0 Å². The molecule has 0 aliphatic carbocycles. The van der Waals surface area contributed by atoms with Gasteiger partial charge in [0.15, 0.2) is 0 Å². The predicted octanol–water partition coefficient (Wildman–Crippen LogP) is -2.20. The molecular weight excluding hydrogens is 236 g/mol. The lowest BCUT2D eigenvalue weighted by Crippen LogP contribution is -2.53. The molecule has 2 saturated heterocycles. The summed E-state index contributed by atoms with van der Waals surface area (Å²) in [7, 11) is 0. The fourth-order valence-electron chi connectivity index (χ4n) is 2.60. The second-order valence-electron chi connectivity index (χ2n) is 4.60. The molecule has 0 aromatic carbocycles. The number of rotatable bonds is 2. The van der Waals surface area contributed by atoms with E-state index in [4.69, 9.17) is 5.73 Å². The van der Waals surface area contributed by atoms with Crippen LogP contribution in [0.15, 0.2) is 0 Å². The molecule has 2 aliphatic rings. The van der Waals surface area contributed by atoms with Crippen LogP contribution < -0.4 is 16.4 Å². The zero-order chi connectivity index (χ0) is 13.1. The molecule has 0 aromatic heterocycles. The highest BCUT2D eigenvalue weighted by Crippen LogP contribution is 2.27. The van der Waals surface area contributed by atoms with E-state index in [2.05, 4.69) is 10.6 Å². The summed E-state index contributed by atoms with van der Waals surface area (Å²) in [4.78, 5) is 36.7. The van der Waals surface area contributed by atoms with Crippen LogP contribution in [0.5, 0.6) is 0 Å². The molecule has 2 heterocycles. The highest BCUT2D eigenvalue weighted by molar-refractivity contribution is 6.35. The summed E-state index contributed by atoms with van der Waals surface area (Å²) in [6.07, 6.45) is 1.54. The minimum atomic E-state index is -0.638. The molecule has 2 rings (SSSR count). The SMILES string of the molecule is NCCNC(=O)C(=O)N1CCCC2C(=O)NCC21. The van der Waals surface area contributed by atoms with Crippen molar-refractivity contribution in [1.82, 2.24) is 15.5 Å². The summed E-state index contributed by atoms with van der Waals surface area (Å²) in [5, 5.41) is 5.20. The largest absolute Gasteiger partial charge is 0.354 e. The van der Waals surface area contributed by atoms with E-state index in [9.17, 15) is 14.4 Å². The maximum Gasteiger partial charge on any atom is 0.312 e. The minimum Gasteiger partial charge on any atom is -0.354 e. The molecule has 100 valence electrons. The van der Waals surface area contributed by atoms with Gasteiger partial charge in [-0.2, -0.15) is 0 Å². The van der Waals surface area contributed by atoms with Gasteiger partial charge in [-0.3, -0.25) is 14.4 Å². The van der Waals surface area contributed by atoms with Crippen molar-refractivity contribution >= 4 is 17.7 Å². The number of likely N-dealkylation sites (tertiary alicyclic amines) is 1. The number of carbonyl (C=O) groups is 3. The Kier molecular flexibility index (Phi) is 3.81. The number of nitrogens with zero attached hydrogens (tertiary/aromatic N) is 1. The van der Waals surface area contributed by atoms with Gasteiger partial charge in [0.25, 0.3) is 0 Å². The fraction of sp³-hybridized carbons (Fsp3) is 0.727. The summed E-state index contributed by atoms with van der Waals surface area (Å²) in [6, 6.07) is -0.178. The topological polar surface area (TPSA) is 105 Å². The van der Waals surface area contributed by atoms with Crippen LogP contribution in [-0.4, -0.2) is 54.8 Å². The van der Waals surface area contributed by atoms with Gasteiger partial charge in [-0.15, -0.1) is 0 Å². The van der Waals surface area contributed by atoms with Gasteiger partial charge in [0.2, 0.25) is 5.91 Å². The average Bonchev–Trinajstić information content (AvgIpc) is 2.77. The third-order valence-corrected chi connectivity index (χ3v) is 3.49. The second kappa shape index (κ2) is 5.34. The summed E-state index contributed by atoms with van der Waals surface area (Å²) in [5.41, 5.74) is 5.26. The standard InChI is InChI=1S/C11H18N4O3/c12-3-4-13-10(17)11(18)15-5-1-2-7-8(15)6-14-9(7)16/h7-8H,1-6,12H2,(H,13,17)(H,14,16).